The lowest BCUT2D eigenvalue weighted by atomic mass is 10.1. The number of halogens is 4. The molecule has 1 aliphatic heterocycles. The predicted molar refractivity (Wildman–Crippen MR) is 74.1 cm³/mol. The van der Waals surface area contributed by atoms with Crippen LogP contribution in [0.15, 0.2) is 0 Å². The zero-order chi connectivity index (χ0) is 15.4. The highest BCUT2D eigenvalue weighted by Crippen LogP contribution is 2.45. The van der Waals surface area contributed by atoms with Gasteiger partial charge in [-0.25, -0.2) is 4.79 Å². The minimum Gasteiger partial charge on any atom is -0.480 e. The Hall–Kier alpha value is -1.01. The molecule has 0 aromatic heterocycles. The minimum atomic E-state index is -1.37. The van der Waals surface area contributed by atoms with Gasteiger partial charge in [0.05, 0.1) is 31.2 Å². The van der Waals surface area contributed by atoms with Gasteiger partial charge in [0.15, 0.2) is 0 Å². The Bertz CT molecular complexity index is 626. The van der Waals surface area contributed by atoms with E-state index in [1.807, 2.05) is 0 Å². The van der Waals surface area contributed by atoms with Crippen LogP contribution in [0.3, 0.4) is 0 Å². The maximum Gasteiger partial charge on any atom is 0.326 e. The van der Waals surface area contributed by atoms with E-state index in [-0.39, 0.29) is 31.2 Å². The first-order chi connectivity index (χ1) is 9.20. The number of hydrogen-bond acceptors (Lipinski definition) is 3. The molecule has 0 bridgehead atoms. The van der Waals surface area contributed by atoms with Gasteiger partial charge in [-0.2, -0.15) is 0 Å². The molecule has 1 N–H and O–H groups in total. The second-order valence-corrected chi connectivity index (χ2v) is 5.51. The van der Waals surface area contributed by atoms with Crippen molar-refractivity contribution in [1.82, 2.24) is 4.90 Å². The average molecular weight is 357 g/mol. The molecule has 0 saturated heterocycles. The highest BCUT2D eigenvalue weighted by atomic mass is 35.5. The molecule has 1 aromatic rings. The molecule has 0 fully saturated rings. The van der Waals surface area contributed by atoms with Crippen molar-refractivity contribution >= 4 is 64.2 Å². The molecule has 20 heavy (non-hydrogen) atoms. The van der Waals surface area contributed by atoms with E-state index in [1.165, 1.54) is 6.92 Å². The van der Waals surface area contributed by atoms with Crippen molar-refractivity contribution in [3.8, 4) is 0 Å². The van der Waals surface area contributed by atoms with E-state index in [9.17, 15) is 14.4 Å². The van der Waals surface area contributed by atoms with Gasteiger partial charge in [0.25, 0.3) is 11.8 Å². The van der Waals surface area contributed by atoms with Crippen LogP contribution in [0.25, 0.3) is 0 Å². The molecule has 2 amide bonds. The van der Waals surface area contributed by atoms with Crippen LogP contribution in [-0.4, -0.2) is 33.8 Å². The third-order valence-corrected chi connectivity index (χ3v) is 4.68. The molecular formula is C11H5Cl4NO4. The van der Waals surface area contributed by atoms with Crippen LogP contribution in [-0.2, 0) is 4.79 Å². The van der Waals surface area contributed by atoms with Crippen molar-refractivity contribution in [3.63, 3.8) is 0 Å². The number of carbonyl (C=O) groups excluding carboxylic acids is 2. The van der Waals surface area contributed by atoms with Gasteiger partial charge in [0.2, 0.25) is 0 Å². The number of carbonyl (C=O) groups is 3. The summed E-state index contributed by atoms with van der Waals surface area (Å²) in [5, 5.41) is 8.16. The van der Waals surface area contributed by atoms with Crippen LogP contribution >= 0.6 is 46.4 Å². The predicted octanol–water partition coefficient (Wildman–Crippen LogP) is 3.37. The Morgan fingerprint density at radius 1 is 0.950 bits per heavy atom. The van der Waals surface area contributed by atoms with Gasteiger partial charge in [0, 0.05) is 0 Å². The number of benzene rings is 1. The molecule has 5 nitrogen and oxygen atoms in total. The lowest BCUT2D eigenvalue weighted by molar-refractivity contribution is -0.140. The summed E-state index contributed by atoms with van der Waals surface area (Å²) in [7, 11) is 0. The normalized spacial score (nSPS) is 15.6. The highest BCUT2D eigenvalue weighted by molar-refractivity contribution is 6.55. The Labute approximate surface area is 133 Å². The molecule has 1 unspecified atom stereocenters. The van der Waals surface area contributed by atoms with Crippen LogP contribution in [0.1, 0.15) is 27.6 Å². The fourth-order valence-corrected chi connectivity index (χ4v) is 2.84. The number of amides is 2. The first kappa shape index (κ1) is 15.4. The molecule has 1 aromatic carbocycles. The summed E-state index contributed by atoms with van der Waals surface area (Å²) < 4.78 is 0. The standard InChI is InChI=1S/C11H5Cl4NO4/c1-2(11(19)20)16-9(17)3-4(10(16)18)6(13)8(15)7(14)5(3)12/h2H,1H3,(H,19,20). The SMILES string of the molecule is CC(C(=O)O)N1C(=O)c2c(Cl)c(Cl)c(Cl)c(Cl)c2C1=O. The number of rotatable bonds is 2. The Balaban J connectivity index is 2.73. The van der Waals surface area contributed by atoms with E-state index in [0.717, 1.165) is 0 Å². The smallest absolute Gasteiger partial charge is 0.326 e. The van der Waals surface area contributed by atoms with Gasteiger partial charge < -0.3 is 5.11 Å². The Morgan fingerprint density at radius 3 is 1.60 bits per heavy atom. The molecule has 1 aliphatic rings. The molecule has 0 radical (unpaired) electrons. The van der Waals surface area contributed by atoms with E-state index in [2.05, 4.69) is 0 Å². The monoisotopic (exact) mass is 355 g/mol. The molecule has 0 saturated carbocycles. The largest absolute Gasteiger partial charge is 0.480 e. The molecule has 1 heterocycles. The number of carboxylic acid groups (broad SMARTS) is 1. The van der Waals surface area contributed by atoms with Gasteiger partial charge in [-0.05, 0) is 6.92 Å². The molecule has 0 spiro atoms. The highest BCUT2D eigenvalue weighted by Gasteiger charge is 2.45. The van der Waals surface area contributed by atoms with Crippen molar-refractivity contribution in [1.29, 1.82) is 0 Å². The summed E-state index contributed by atoms with van der Waals surface area (Å²) >= 11 is 23.5. The topological polar surface area (TPSA) is 74.7 Å². The molecule has 2 rings (SSSR count). The van der Waals surface area contributed by atoms with Crippen LogP contribution in [0, 0.1) is 0 Å². The summed E-state index contributed by atoms with van der Waals surface area (Å²) in [5.41, 5.74) is -0.465. The van der Waals surface area contributed by atoms with Crippen LogP contribution in [0.5, 0.6) is 0 Å². The molecule has 1 atom stereocenters. The Kier molecular flexibility index (Phi) is 3.90. The number of carboxylic acids is 1. The zero-order valence-electron chi connectivity index (χ0n) is 9.71. The second kappa shape index (κ2) is 5.07. The Morgan fingerprint density at radius 2 is 1.30 bits per heavy atom. The van der Waals surface area contributed by atoms with E-state index >= 15 is 0 Å². The maximum absolute atomic E-state index is 12.2. The van der Waals surface area contributed by atoms with E-state index in [4.69, 9.17) is 51.5 Å². The zero-order valence-corrected chi connectivity index (χ0v) is 12.7. The summed E-state index contributed by atoms with van der Waals surface area (Å²) in [4.78, 5) is 35.9. The van der Waals surface area contributed by atoms with Crippen LogP contribution < -0.4 is 0 Å². The second-order valence-electron chi connectivity index (χ2n) is 4.00. The number of fused-ring (bicyclic) bond motifs is 1. The quantitative estimate of drug-likeness (QED) is 0.500. The van der Waals surface area contributed by atoms with Crippen molar-refractivity contribution in [3.05, 3.63) is 31.2 Å². The third-order valence-electron chi connectivity index (χ3n) is 2.88. The van der Waals surface area contributed by atoms with E-state index < -0.39 is 23.8 Å². The molecule has 9 heteroatoms. The van der Waals surface area contributed by atoms with Gasteiger partial charge in [0.1, 0.15) is 6.04 Å². The van der Waals surface area contributed by atoms with Crippen molar-refractivity contribution in [2.45, 2.75) is 13.0 Å². The summed E-state index contributed by atoms with van der Waals surface area (Å²) in [5.74, 6) is -3.08. The number of aliphatic carboxylic acids is 1. The van der Waals surface area contributed by atoms with Crippen LogP contribution in [0.4, 0.5) is 0 Å². The average Bonchev–Trinajstić information content (AvgIpc) is 2.64. The van der Waals surface area contributed by atoms with E-state index in [1.54, 1.807) is 0 Å². The van der Waals surface area contributed by atoms with Crippen molar-refractivity contribution in [2.24, 2.45) is 0 Å². The summed E-state index contributed by atoms with van der Waals surface area (Å²) in [6.07, 6.45) is 0. The molecular weight excluding hydrogens is 352 g/mol. The maximum atomic E-state index is 12.2. The number of imide groups is 1. The first-order valence-electron chi connectivity index (χ1n) is 5.16. The first-order valence-corrected chi connectivity index (χ1v) is 6.68. The molecule has 106 valence electrons. The van der Waals surface area contributed by atoms with Crippen molar-refractivity contribution in [2.75, 3.05) is 0 Å². The minimum absolute atomic E-state index is 0.164. The number of hydrogen-bond donors (Lipinski definition) is 1. The number of nitrogens with zero attached hydrogens (tertiary/aromatic N) is 1. The lowest BCUT2D eigenvalue weighted by Gasteiger charge is -2.18. The van der Waals surface area contributed by atoms with Gasteiger partial charge in [-0.3, -0.25) is 14.5 Å². The summed E-state index contributed by atoms with van der Waals surface area (Å²) in [6, 6.07) is -1.37. The van der Waals surface area contributed by atoms with E-state index in [0.29, 0.717) is 4.90 Å². The third kappa shape index (κ3) is 1.97. The van der Waals surface area contributed by atoms with Gasteiger partial charge in [-0.1, -0.05) is 46.4 Å². The fraction of sp³-hybridized carbons (Fsp3) is 0.182. The van der Waals surface area contributed by atoms with Gasteiger partial charge in [-0.15, -0.1) is 0 Å². The summed E-state index contributed by atoms with van der Waals surface area (Å²) in [6.45, 7) is 1.19. The molecule has 0 aliphatic carbocycles. The van der Waals surface area contributed by atoms with Crippen molar-refractivity contribution < 1.29 is 19.5 Å². The van der Waals surface area contributed by atoms with Crippen LogP contribution in [0.2, 0.25) is 20.1 Å². The fourth-order valence-electron chi connectivity index (χ4n) is 1.83. The van der Waals surface area contributed by atoms with Gasteiger partial charge >= 0.3 is 5.97 Å². The lowest BCUT2D eigenvalue weighted by Crippen LogP contribution is -2.42.